The number of benzene rings is 3. The molecule has 1 aliphatic heterocycles. The Hall–Kier alpha value is -3.56. The summed E-state index contributed by atoms with van der Waals surface area (Å²) < 4.78 is 39.6. The Bertz CT molecular complexity index is 1290. The van der Waals surface area contributed by atoms with Crippen molar-refractivity contribution in [1.29, 1.82) is 0 Å². The highest BCUT2D eigenvalue weighted by Crippen LogP contribution is 2.30. The van der Waals surface area contributed by atoms with Crippen LogP contribution in [-0.2, 0) is 27.7 Å². The summed E-state index contributed by atoms with van der Waals surface area (Å²) in [5.41, 5.74) is 3.63. The number of rotatable bonds is 9. The highest BCUT2D eigenvalue weighted by atomic mass is 32.2. The van der Waals surface area contributed by atoms with Crippen LogP contribution >= 0.6 is 0 Å². The molecule has 0 aromatic heterocycles. The zero-order valence-corrected chi connectivity index (χ0v) is 21.3. The van der Waals surface area contributed by atoms with Crippen molar-refractivity contribution in [3.05, 3.63) is 83.4 Å². The summed E-state index contributed by atoms with van der Waals surface area (Å²) in [6, 6.07) is 19.3. The van der Waals surface area contributed by atoms with Gasteiger partial charge in [0.25, 0.3) is 15.9 Å². The molecule has 0 aliphatic carbocycles. The van der Waals surface area contributed by atoms with Crippen molar-refractivity contribution in [2.45, 2.75) is 24.8 Å². The second kappa shape index (κ2) is 11.5. The van der Waals surface area contributed by atoms with Crippen molar-refractivity contribution in [2.24, 2.45) is 0 Å². The van der Waals surface area contributed by atoms with Gasteiger partial charge in [-0.25, -0.2) is 8.42 Å². The molecule has 190 valence electrons. The first-order valence-electron chi connectivity index (χ1n) is 11.9. The molecule has 0 spiro atoms. The molecule has 36 heavy (non-hydrogen) atoms. The summed E-state index contributed by atoms with van der Waals surface area (Å²) >= 11 is 0. The number of methoxy groups -OCH3 is 1. The van der Waals surface area contributed by atoms with Crippen LogP contribution in [-0.4, -0.2) is 47.7 Å². The Labute approximate surface area is 212 Å². The predicted octanol–water partition coefficient (Wildman–Crippen LogP) is 3.83. The first-order chi connectivity index (χ1) is 17.4. The van der Waals surface area contributed by atoms with E-state index in [0.29, 0.717) is 55.5 Å². The van der Waals surface area contributed by atoms with Crippen molar-refractivity contribution >= 4 is 27.3 Å². The number of hydrogen-bond acceptors (Lipinski definition) is 6. The number of anilines is 2. The largest absolute Gasteiger partial charge is 0.497 e. The maximum atomic E-state index is 13.2. The molecule has 4 rings (SSSR count). The summed E-state index contributed by atoms with van der Waals surface area (Å²) in [7, 11) is -2.38. The number of nitrogens with zero attached hydrogens (tertiary/aromatic N) is 1. The second-order valence-electron chi connectivity index (χ2n) is 8.47. The fraction of sp³-hybridized carbons (Fsp3) is 0.296. The van der Waals surface area contributed by atoms with E-state index in [0.717, 1.165) is 12.0 Å². The Kier molecular flexibility index (Phi) is 8.12. The van der Waals surface area contributed by atoms with Gasteiger partial charge < -0.3 is 19.7 Å². The molecule has 0 saturated carbocycles. The molecule has 1 fully saturated rings. The molecule has 0 bridgehead atoms. The second-order valence-corrected chi connectivity index (χ2v) is 10.1. The normalized spacial score (nSPS) is 13.8. The van der Waals surface area contributed by atoms with Crippen molar-refractivity contribution in [3.8, 4) is 5.75 Å². The molecular weight excluding hydrogens is 478 g/mol. The van der Waals surface area contributed by atoms with Gasteiger partial charge in [0.2, 0.25) is 0 Å². The molecule has 8 nitrogen and oxygen atoms in total. The smallest absolute Gasteiger partial charge is 0.261 e. The summed E-state index contributed by atoms with van der Waals surface area (Å²) in [4.78, 5) is 15.1. The van der Waals surface area contributed by atoms with Crippen molar-refractivity contribution < 1.29 is 22.7 Å². The summed E-state index contributed by atoms with van der Waals surface area (Å²) in [5, 5.41) is 2.92. The third kappa shape index (κ3) is 6.16. The fourth-order valence-electron chi connectivity index (χ4n) is 3.97. The maximum Gasteiger partial charge on any atom is 0.261 e. The molecule has 1 aliphatic rings. The lowest BCUT2D eigenvalue weighted by atomic mass is 10.1. The molecule has 0 radical (unpaired) electrons. The number of aryl methyl sites for hydroxylation is 1. The first kappa shape index (κ1) is 25.5. The Morgan fingerprint density at radius 1 is 0.972 bits per heavy atom. The minimum atomic E-state index is -3.90. The monoisotopic (exact) mass is 509 g/mol. The van der Waals surface area contributed by atoms with Crippen LogP contribution < -0.4 is 19.7 Å². The van der Waals surface area contributed by atoms with E-state index in [2.05, 4.69) is 17.0 Å². The number of carbonyl (C=O) groups is 1. The first-order valence-corrected chi connectivity index (χ1v) is 13.4. The Morgan fingerprint density at radius 2 is 1.64 bits per heavy atom. The molecule has 0 unspecified atom stereocenters. The fourth-order valence-corrected chi connectivity index (χ4v) is 5.04. The zero-order valence-electron chi connectivity index (χ0n) is 20.5. The SMILES string of the molecule is CCc1ccc(CNC(=O)c2ccc(N3CCOCC3)c(NS(=O)(=O)c3ccc(OC)cc3)c2)cc1. The summed E-state index contributed by atoms with van der Waals surface area (Å²) in [5.74, 6) is 0.277. The number of amides is 1. The highest BCUT2D eigenvalue weighted by Gasteiger charge is 2.22. The predicted molar refractivity (Wildman–Crippen MR) is 140 cm³/mol. The molecule has 2 N–H and O–H groups in total. The average Bonchev–Trinajstić information content (AvgIpc) is 2.92. The van der Waals surface area contributed by atoms with Gasteiger partial charge in [0.15, 0.2) is 0 Å². The van der Waals surface area contributed by atoms with Gasteiger partial charge in [0, 0.05) is 25.2 Å². The molecule has 3 aromatic rings. The van der Waals surface area contributed by atoms with E-state index in [9.17, 15) is 13.2 Å². The molecule has 1 saturated heterocycles. The molecule has 1 amide bonds. The van der Waals surface area contributed by atoms with Crippen LogP contribution in [0.5, 0.6) is 5.75 Å². The van der Waals surface area contributed by atoms with Crippen LogP contribution in [0.1, 0.15) is 28.4 Å². The molecule has 3 aromatic carbocycles. The van der Waals surface area contributed by atoms with Gasteiger partial charge in [-0.15, -0.1) is 0 Å². The van der Waals surface area contributed by atoms with Gasteiger partial charge in [-0.1, -0.05) is 31.2 Å². The quantitative estimate of drug-likeness (QED) is 0.455. The number of nitrogens with one attached hydrogen (secondary N) is 2. The van der Waals surface area contributed by atoms with E-state index in [-0.39, 0.29) is 10.8 Å². The summed E-state index contributed by atoms with van der Waals surface area (Å²) in [6.07, 6.45) is 0.956. The Balaban J connectivity index is 1.58. The van der Waals surface area contributed by atoms with E-state index in [1.54, 1.807) is 30.3 Å². The summed E-state index contributed by atoms with van der Waals surface area (Å²) in [6.45, 7) is 4.80. The lowest BCUT2D eigenvalue weighted by Crippen LogP contribution is -2.37. The van der Waals surface area contributed by atoms with Crippen LogP contribution in [0.3, 0.4) is 0 Å². The molecule has 1 heterocycles. The average molecular weight is 510 g/mol. The van der Waals surface area contributed by atoms with Crippen LogP contribution in [0.4, 0.5) is 11.4 Å². The maximum absolute atomic E-state index is 13.2. The van der Waals surface area contributed by atoms with Gasteiger partial charge >= 0.3 is 0 Å². The number of ether oxygens (including phenoxy) is 2. The van der Waals surface area contributed by atoms with Crippen LogP contribution in [0.15, 0.2) is 71.6 Å². The molecular formula is C27H31N3O5S. The van der Waals surface area contributed by atoms with E-state index in [1.807, 2.05) is 29.2 Å². The highest BCUT2D eigenvalue weighted by molar-refractivity contribution is 7.92. The van der Waals surface area contributed by atoms with Crippen molar-refractivity contribution in [3.63, 3.8) is 0 Å². The van der Waals surface area contributed by atoms with Gasteiger partial charge in [0.1, 0.15) is 5.75 Å². The number of morpholine rings is 1. The topological polar surface area (TPSA) is 97.0 Å². The van der Waals surface area contributed by atoms with Crippen LogP contribution in [0.25, 0.3) is 0 Å². The number of sulfonamides is 1. The third-order valence-electron chi connectivity index (χ3n) is 6.11. The van der Waals surface area contributed by atoms with E-state index in [1.165, 1.54) is 24.8 Å². The minimum absolute atomic E-state index is 0.0987. The van der Waals surface area contributed by atoms with Crippen LogP contribution in [0.2, 0.25) is 0 Å². The lowest BCUT2D eigenvalue weighted by molar-refractivity contribution is 0.0951. The molecule has 9 heteroatoms. The number of hydrogen-bond donors (Lipinski definition) is 2. The minimum Gasteiger partial charge on any atom is -0.497 e. The lowest BCUT2D eigenvalue weighted by Gasteiger charge is -2.31. The van der Waals surface area contributed by atoms with E-state index in [4.69, 9.17) is 9.47 Å². The standard InChI is InChI=1S/C27H31N3O5S/c1-3-20-4-6-21(7-5-20)19-28-27(31)22-8-13-26(30-14-16-35-17-15-30)25(18-22)29-36(32,33)24-11-9-23(34-2)10-12-24/h4-13,18,29H,3,14-17,19H2,1-2H3,(H,28,31). The van der Waals surface area contributed by atoms with Gasteiger partial charge in [-0.3, -0.25) is 9.52 Å². The van der Waals surface area contributed by atoms with Gasteiger partial charge in [0.05, 0.1) is 36.6 Å². The van der Waals surface area contributed by atoms with Crippen molar-refractivity contribution in [2.75, 3.05) is 43.0 Å². The van der Waals surface area contributed by atoms with Gasteiger partial charge in [-0.05, 0) is 60.0 Å². The third-order valence-corrected chi connectivity index (χ3v) is 7.49. The van der Waals surface area contributed by atoms with Crippen molar-refractivity contribution in [1.82, 2.24) is 5.32 Å². The zero-order chi connectivity index (χ0) is 25.5. The Morgan fingerprint density at radius 3 is 2.28 bits per heavy atom. The van der Waals surface area contributed by atoms with E-state index < -0.39 is 10.0 Å². The number of carbonyl (C=O) groups excluding carboxylic acids is 1. The molecule has 0 atom stereocenters. The van der Waals surface area contributed by atoms with Gasteiger partial charge in [-0.2, -0.15) is 0 Å². The van der Waals surface area contributed by atoms with E-state index >= 15 is 0 Å². The van der Waals surface area contributed by atoms with Crippen LogP contribution in [0, 0.1) is 0 Å².